The molecule has 1 nitrogen and oxygen atoms in total. The fraction of sp³-hybridized carbons (Fsp3) is 0.920. The minimum atomic E-state index is 0. The van der Waals surface area contributed by atoms with Gasteiger partial charge in [-0.2, -0.15) is 0 Å². The quantitative estimate of drug-likeness (QED) is 0.254. The maximum Gasteiger partial charge on any atom is 0 e. The van der Waals surface area contributed by atoms with Gasteiger partial charge in [-0.3, -0.25) is 0 Å². The van der Waals surface area contributed by atoms with Gasteiger partial charge in [0.15, 0.2) is 0 Å². The number of hydrogen-bond donors (Lipinski definition) is 1. The van der Waals surface area contributed by atoms with Gasteiger partial charge >= 0.3 is 0 Å². The Morgan fingerprint density at radius 2 is 1.38 bits per heavy atom. The number of unbranched alkanes of at least 4 members (excludes halogenated alkanes) is 1. The zero-order chi connectivity index (χ0) is 20.4. The van der Waals surface area contributed by atoms with Crippen LogP contribution in [0.15, 0.2) is 11.1 Å². The Kier molecular flexibility index (Phi) is 19.4. The Labute approximate surface area is 169 Å². The average molecular weight is 370 g/mol. The molecule has 0 saturated carbocycles. The predicted molar refractivity (Wildman–Crippen MR) is 125 cm³/mol. The predicted octanol–water partition coefficient (Wildman–Crippen LogP) is 8.92. The molecule has 0 radical (unpaired) electrons. The molecule has 26 heavy (non-hydrogen) atoms. The van der Waals surface area contributed by atoms with Gasteiger partial charge in [0.05, 0.1) is 0 Å². The highest BCUT2D eigenvalue weighted by Gasteiger charge is 2.09. The second-order valence-corrected chi connectivity index (χ2v) is 9.26. The van der Waals surface area contributed by atoms with Crippen molar-refractivity contribution >= 4 is 0 Å². The molecule has 0 bridgehead atoms. The fourth-order valence-corrected chi connectivity index (χ4v) is 3.61. The Hall–Kier alpha value is -0.300. The van der Waals surface area contributed by atoms with E-state index in [0.29, 0.717) is 5.41 Å². The van der Waals surface area contributed by atoms with Crippen molar-refractivity contribution < 1.29 is 1.43 Å². The van der Waals surface area contributed by atoms with Crippen LogP contribution in [-0.2, 0) is 0 Å². The minimum Gasteiger partial charge on any atom is -0.330 e. The SMILES string of the molecule is CCC/C(CC)=C(\CC)CCCN.CCCC(C)CCCCC(C)(C)C.[HH]. The van der Waals surface area contributed by atoms with Crippen LogP contribution >= 0.6 is 0 Å². The summed E-state index contributed by atoms with van der Waals surface area (Å²) in [6.45, 7) is 19.3. The van der Waals surface area contributed by atoms with E-state index in [0.717, 1.165) is 18.9 Å². The number of rotatable bonds is 13. The van der Waals surface area contributed by atoms with E-state index in [-0.39, 0.29) is 1.43 Å². The van der Waals surface area contributed by atoms with Crippen molar-refractivity contribution in [3.8, 4) is 0 Å². The normalized spacial score (nSPS) is 13.7. The molecule has 0 aromatic rings. The lowest BCUT2D eigenvalue weighted by Crippen LogP contribution is -2.04. The second kappa shape index (κ2) is 18.1. The topological polar surface area (TPSA) is 26.0 Å². The summed E-state index contributed by atoms with van der Waals surface area (Å²) in [5.74, 6) is 0.949. The monoisotopic (exact) mass is 369 g/mol. The molecule has 0 rings (SSSR count). The van der Waals surface area contributed by atoms with Crippen LogP contribution in [0, 0.1) is 11.3 Å². The molecule has 0 aromatic heterocycles. The molecule has 1 unspecified atom stereocenters. The van der Waals surface area contributed by atoms with Crippen molar-refractivity contribution in [1.82, 2.24) is 0 Å². The van der Waals surface area contributed by atoms with Crippen molar-refractivity contribution in [3.63, 3.8) is 0 Å². The maximum absolute atomic E-state index is 5.52. The molecule has 160 valence electrons. The molecule has 0 saturated heterocycles. The van der Waals surface area contributed by atoms with E-state index in [1.807, 2.05) is 0 Å². The Bertz CT molecular complexity index is 328. The van der Waals surface area contributed by atoms with E-state index in [4.69, 9.17) is 5.73 Å². The molecule has 0 amide bonds. The Morgan fingerprint density at radius 3 is 1.81 bits per heavy atom. The van der Waals surface area contributed by atoms with Crippen LogP contribution in [0.3, 0.4) is 0 Å². The van der Waals surface area contributed by atoms with Gasteiger partial charge in [-0.15, -0.1) is 0 Å². The summed E-state index contributed by atoms with van der Waals surface area (Å²) in [5.41, 5.74) is 9.40. The summed E-state index contributed by atoms with van der Waals surface area (Å²) in [7, 11) is 0. The van der Waals surface area contributed by atoms with Gasteiger partial charge in [-0.1, -0.05) is 105 Å². The molecule has 0 aliphatic heterocycles. The molecule has 2 N–H and O–H groups in total. The molecule has 0 heterocycles. The zero-order valence-electron chi connectivity index (χ0n) is 19.8. The van der Waals surface area contributed by atoms with Crippen molar-refractivity contribution in [2.75, 3.05) is 6.54 Å². The van der Waals surface area contributed by atoms with E-state index >= 15 is 0 Å². The van der Waals surface area contributed by atoms with Gasteiger partial charge in [0.25, 0.3) is 0 Å². The summed E-state index contributed by atoms with van der Waals surface area (Å²) in [5, 5.41) is 0. The van der Waals surface area contributed by atoms with Crippen molar-refractivity contribution in [2.45, 2.75) is 132 Å². The molecule has 0 aliphatic rings. The highest BCUT2D eigenvalue weighted by molar-refractivity contribution is 5.13. The molecular weight excluding hydrogens is 314 g/mol. The Morgan fingerprint density at radius 1 is 0.808 bits per heavy atom. The molecule has 1 heteroatoms. The van der Waals surface area contributed by atoms with Crippen LogP contribution in [0.1, 0.15) is 134 Å². The van der Waals surface area contributed by atoms with Gasteiger partial charge in [-0.25, -0.2) is 0 Å². The third-order valence-corrected chi connectivity index (χ3v) is 5.24. The highest BCUT2D eigenvalue weighted by atomic mass is 14.5. The van der Waals surface area contributed by atoms with Crippen LogP contribution in [-0.4, -0.2) is 6.54 Å². The largest absolute Gasteiger partial charge is 0.330 e. The van der Waals surface area contributed by atoms with E-state index in [2.05, 4.69) is 55.4 Å². The van der Waals surface area contributed by atoms with Gasteiger partial charge < -0.3 is 5.73 Å². The molecule has 0 aliphatic carbocycles. The number of allylic oxidation sites excluding steroid dienone is 2. The van der Waals surface area contributed by atoms with E-state index < -0.39 is 0 Å². The number of nitrogens with two attached hydrogens (primary N) is 1. The second-order valence-electron chi connectivity index (χ2n) is 9.26. The lowest BCUT2D eigenvalue weighted by molar-refractivity contribution is 0.346. The van der Waals surface area contributed by atoms with Crippen LogP contribution in [0.25, 0.3) is 0 Å². The van der Waals surface area contributed by atoms with Crippen LogP contribution in [0.2, 0.25) is 0 Å². The summed E-state index contributed by atoms with van der Waals surface area (Å²) < 4.78 is 0. The van der Waals surface area contributed by atoms with E-state index in [1.54, 1.807) is 11.1 Å². The molecular formula is C25H55N. The fourth-order valence-electron chi connectivity index (χ4n) is 3.61. The van der Waals surface area contributed by atoms with Crippen LogP contribution < -0.4 is 5.73 Å². The van der Waals surface area contributed by atoms with Gasteiger partial charge in [0.2, 0.25) is 0 Å². The van der Waals surface area contributed by atoms with Crippen molar-refractivity contribution in [3.05, 3.63) is 11.1 Å². The lowest BCUT2D eigenvalue weighted by atomic mass is 9.88. The smallest absolute Gasteiger partial charge is 0 e. The van der Waals surface area contributed by atoms with Gasteiger partial charge in [-0.05, 0) is 56.4 Å². The molecule has 1 atom stereocenters. The summed E-state index contributed by atoms with van der Waals surface area (Å²) in [6.07, 6.45) is 15.8. The van der Waals surface area contributed by atoms with Crippen molar-refractivity contribution in [2.24, 2.45) is 17.1 Å². The highest BCUT2D eigenvalue weighted by Crippen LogP contribution is 2.24. The lowest BCUT2D eigenvalue weighted by Gasteiger charge is -2.18. The van der Waals surface area contributed by atoms with E-state index in [9.17, 15) is 0 Å². The summed E-state index contributed by atoms with van der Waals surface area (Å²) >= 11 is 0. The standard InChI is InChI=1S/C13H28.C12H25N.H2/c1-6-9-12(2)10-7-8-11-13(3,4)5;1-4-8-11(5-2)12(6-3)9-7-10-13;/h12H,6-11H2,1-5H3;4-10,13H2,1-3H3;1H/b;12-11+;. The first kappa shape index (κ1) is 27.9. The first-order chi connectivity index (χ1) is 12.2. The third kappa shape index (κ3) is 18.5. The molecule has 0 aromatic carbocycles. The van der Waals surface area contributed by atoms with E-state index in [1.165, 1.54) is 70.6 Å². The zero-order valence-corrected chi connectivity index (χ0v) is 19.8. The average Bonchev–Trinajstić information content (AvgIpc) is 2.58. The number of hydrogen-bond acceptors (Lipinski definition) is 1. The van der Waals surface area contributed by atoms with Gasteiger partial charge in [0.1, 0.15) is 0 Å². The Balaban J connectivity index is -0.000000411. The van der Waals surface area contributed by atoms with Gasteiger partial charge in [0, 0.05) is 1.43 Å². The van der Waals surface area contributed by atoms with Crippen molar-refractivity contribution in [1.29, 1.82) is 0 Å². The minimum absolute atomic E-state index is 0. The summed E-state index contributed by atoms with van der Waals surface area (Å²) in [6, 6.07) is 0. The summed E-state index contributed by atoms with van der Waals surface area (Å²) in [4.78, 5) is 0. The molecule has 0 spiro atoms. The van der Waals surface area contributed by atoms with Crippen LogP contribution in [0.5, 0.6) is 0 Å². The first-order valence-electron chi connectivity index (χ1n) is 11.6. The molecule has 0 fully saturated rings. The third-order valence-electron chi connectivity index (χ3n) is 5.24. The first-order valence-corrected chi connectivity index (χ1v) is 11.6. The maximum atomic E-state index is 5.52. The van der Waals surface area contributed by atoms with Crippen LogP contribution in [0.4, 0.5) is 0 Å².